The third-order valence-corrected chi connectivity index (χ3v) is 12.0. The van der Waals surface area contributed by atoms with Crippen LogP contribution in [0.2, 0.25) is 0 Å². The molecule has 0 amide bonds. The highest BCUT2D eigenvalue weighted by Crippen LogP contribution is 2.40. The van der Waals surface area contributed by atoms with E-state index in [9.17, 15) is 0 Å². The zero-order valence-corrected chi connectivity index (χ0v) is 34.1. The molecule has 0 N–H and O–H groups in total. The van der Waals surface area contributed by atoms with Crippen LogP contribution in [0.5, 0.6) is 0 Å². The minimum absolute atomic E-state index is 0.606. The Balaban J connectivity index is 1.01. The second kappa shape index (κ2) is 15.2. The van der Waals surface area contributed by atoms with Crippen molar-refractivity contribution in [1.82, 2.24) is 24.5 Å². The first kappa shape index (κ1) is 36.3. The zero-order chi connectivity index (χ0) is 41.7. The predicted octanol–water partition coefficient (Wildman–Crippen LogP) is 14.7. The Morgan fingerprint density at radius 2 is 0.778 bits per heavy atom. The molecular formula is C58H37N5. The molecule has 0 atom stereocenters. The van der Waals surface area contributed by atoms with Gasteiger partial charge in [-0.25, -0.2) is 19.9 Å². The molecule has 63 heavy (non-hydrogen) atoms. The molecule has 9 aromatic carbocycles. The molecule has 0 fully saturated rings. The quantitative estimate of drug-likeness (QED) is 0.151. The lowest BCUT2D eigenvalue weighted by molar-refractivity contribution is 1.07. The van der Waals surface area contributed by atoms with Gasteiger partial charge in [-0.3, -0.25) is 0 Å². The van der Waals surface area contributed by atoms with Crippen LogP contribution in [0.4, 0.5) is 0 Å². The topological polar surface area (TPSA) is 56.5 Å². The Hall–Kier alpha value is -8.54. The van der Waals surface area contributed by atoms with Crippen LogP contribution in [0, 0.1) is 0 Å². The number of nitrogens with zero attached hydrogens (tertiary/aromatic N) is 5. The van der Waals surface area contributed by atoms with Crippen molar-refractivity contribution in [1.29, 1.82) is 0 Å². The Kier molecular flexibility index (Phi) is 8.75. The lowest BCUT2D eigenvalue weighted by atomic mass is 9.91. The van der Waals surface area contributed by atoms with E-state index in [1.807, 2.05) is 36.4 Å². The van der Waals surface area contributed by atoms with Crippen LogP contribution in [-0.2, 0) is 0 Å². The molecule has 12 aromatic rings. The van der Waals surface area contributed by atoms with Gasteiger partial charge in [-0.2, -0.15) is 0 Å². The Bertz CT molecular complexity index is 3620. The molecule has 294 valence electrons. The molecular weight excluding hydrogens is 767 g/mol. The van der Waals surface area contributed by atoms with Gasteiger partial charge < -0.3 is 4.57 Å². The maximum Gasteiger partial charge on any atom is 0.164 e. The van der Waals surface area contributed by atoms with Crippen LogP contribution in [0.1, 0.15) is 0 Å². The van der Waals surface area contributed by atoms with Crippen LogP contribution < -0.4 is 0 Å². The lowest BCUT2D eigenvalue weighted by Crippen LogP contribution is -2.01. The van der Waals surface area contributed by atoms with Gasteiger partial charge in [-0.15, -0.1) is 0 Å². The molecule has 3 heterocycles. The van der Waals surface area contributed by atoms with Crippen LogP contribution >= 0.6 is 0 Å². The maximum atomic E-state index is 5.31. The van der Waals surface area contributed by atoms with Gasteiger partial charge in [-0.1, -0.05) is 182 Å². The summed E-state index contributed by atoms with van der Waals surface area (Å²) in [5, 5.41) is 5.84. The van der Waals surface area contributed by atoms with Crippen molar-refractivity contribution in [3.63, 3.8) is 0 Å². The Morgan fingerprint density at radius 3 is 1.46 bits per heavy atom. The third-order valence-electron chi connectivity index (χ3n) is 12.0. The van der Waals surface area contributed by atoms with E-state index in [1.54, 1.807) is 0 Å². The van der Waals surface area contributed by atoms with Crippen LogP contribution in [0.25, 0.3) is 117 Å². The number of fused-ring (bicyclic) bond motifs is 6. The van der Waals surface area contributed by atoms with Crippen molar-refractivity contribution in [3.05, 3.63) is 224 Å². The molecule has 0 aliphatic heterocycles. The van der Waals surface area contributed by atoms with E-state index in [0.29, 0.717) is 17.5 Å². The summed E-state index contributed by atoms with van der Waals surface area (Å²) in [5.74, 6) is 1.83. The molecule has 0 saturated carbocycles. The summed E-state index contributed by atoms with van der Waals surface area (Å²) in [4.78, 5) is 20.8. The summed E-state index contributed by atoms with van der Waals surface area (Å²) in [6.45, 7) is 0. The number of rotatable bonds is 7. The summed E-state index contributed by atoms with van der Waals surface area (Å²) in [6, 6.07) is 78.6. The van der Waals surface area contributed by atoms with Crippen molar-refractivity contribution in [2.45, 2.75) is 0 Å². The molecule has 0 unspecified atom stereocenters. The first-order chi connectivity index (χ1) is 31.2. The summed E-state index contributed by atoms with van der Waals surface area (Å²) in [6.07, 6.45) is 0. The number of para-hydroxylation sites is 2. The van der Waals surface area contributed by atoms with Crippen LogP contribution in [-0.4, -0.2) is 24.5 Å². The molecule has 0 spiro atoms. The van der Waals surface area contributed by atoms with Gasteiger partial charge in [0.2, 0.25) is 0 Å². The molecule has 0 aliphatic carbocycles. The van der Waals surface area contributed by atoms with Crippen LogP contribution in [0.15, 0.2) is 224 Å². The van der Waals surface area contributed by atoms with Gasteiger partial charge in [0.05, 0.1) is 22.2 Å². The molecule has 0 bridgehead atoms. The molecule has 0 radical (unpaired) electrons. The molecule has 0 saturated heterocycles. The zero-order valence-electron chi connectivity index (χ0n) is 34.1. The van der Waals surface area contributed by atoms with Crippen molar-refractivity contribution in [3.8, 4) is 73.4 Å². The van der Waals surface area contributed by atoms with Gasteiger partial charge in [0, 0.05) is 54.9 Å². The van der Waals surface area contributed by atoms with Crippen molar-refractivity contribution >= 4 is 43.5 Å². The van der Waals surface area contributed by atoms with Gasteiger partial charge in [0.25, 0.3) is 0 Å². The van der Waals surface area contributed by atoms with E-state index < -0.39 is 0 Å². The number of pyridine rings is 1. The standard InChI is InChI=1S/C58H37N5/c1-4-17-38(18-5-1)46-29-16-30-49-54(46)50-37-42(33-34-51(50)59-55(49)39-19-6-2-7-20-39)41-23-14-24-43(35-41)57-60-56(40-21-8-3-9-22-40)61-58(62-57)44-25-15-26-45(36-44)63-52-31-12-10-27-47(52)48-28-11-13-32-53(48)63/h1-37H. The normalized spacial score (nSPS) is 11.5. The molecule has 3 aromatic heterocycles. The first-order valence-corrected chi connectivity index (χ1v) is 21.2. The highest BCUT2D eigenvalue weighted by atomic mass is 15.0. The Morgan fingerprint density at radius 1 is 0.286 bits per heavy atom. The highest BCUT2D eigenvalue weighted by Gasteiger charge is 2.18. The van der Waals surface area contributed by atoms with E-state index in [0.717, 1.165) is 72.1 Å². The predicted molar refractivity (Wildman–Crippen MR) is 260 cm³/mol. The second-order valence-corrected chi connectivity index (χ2v) is 15.8. The highest BCUT2D eigenvalue weighted by molar-refractivity contribution is 6.17. The van der Waals surface area contributed by atoms with E-state index in [4.69, 9.17) is 19.9 Å². The fraction of sp³-hybridized carbons (Fsp3) is 0. The molecule has 0 aliphatic rings. The summed E-state index contributed by atoms with van der Waals surface area (Å²) in [7, 11) is 0. The average Bonchev–Trinajstić information content (AvgIpc) is 3.71. The average molecular weight is 804 g/mol. The number of aromatic nitrogens is 5. The fourth-order valence-electron chi connectivity index (χ4n) is 9.08. The van der Waals surface area contributed by atoms with Crippen molar-refractivity contribution in [2.24, 2.45) is 0 Å². The fourth-order valence-corrected chi connectivity index (χ4v) is 9.08. The minimum atomic E-state index is 0.606. The maximum absolute atomic E-state index is 5.31. The first-order valence-electron chi connectivity index (χ1n) is 21.2. The van der Waals surface area contributed by atoms with Crippen molar-refractivity contribution in [2.75, 3.05) is 0 Å². The van der Waals surface area contributed by atoms with Gasteiger partial charge in [0.1, 0.15) is 0 Å². The van der Waals surface area contributed by atoms with Gasteiger partial charge in [-0.05, 0) is 64.7 Å². The van der Waals surface area contributed by atoms with Gasteiger partial charge >= 0.3 is 0 Å². The lowest BCUT2D eigenvalue weighted by Gasteiger charge is -2.15. The van der Waals surface area contributed by atoms with Gasteiger partial charge in [0.15, 0.2) is 17.5 Å². The monoisotopic (exact) mass is 803 g/mol. The van der Waals surface area contributed by atoms with E-state index in [2.05, 4.69) is 193 Å². The Labute approximate surface area is 364 Å². The smallest absolute Gasteiger partial charge is 0.164 e. The second-order valence-electron chi connectivity index (χ2n) is 15.8. The van der Waals surface area contributed by atoms with E-state index in [1.165, 1.54) is 27.3 Å². The largest absolute Gasteiger partial charge is 0.309 e. The molecule has 12 rings (SSSR count). The summed E-state index contributed by atoms with van der Waals surface area (Å²) < 4.78 is 2.32. The number of hydrogen-bond acceptors (Lipinski definition) is 4. The third kappa shape index (κ3) is 6.42. The van der Waals surface area contributed by atoms with Crippen molar-refractivity contribution < 1.29 is 0 Å². The SMILES string of the molecule is c1ccc(-c2nc(-c3cccc(-c4ccc5nc(-c6ccccc6)c6cccc(-c7ccccc7)c6c5c4)c3)nc(-c3cccc(-n4c5ccccc5c5ccccc54)c3)n2)cc1. The molecule has 5 nitrogen and oxygen atoms in total. The summed E-state index contributed by atoms with van der Waals surface area (Å²) >= 11 is 0. The summed E-state index contributed by atoms with van der Waals surface area (Å²) in [5.41, 5.74) is 13.6. The van der Waals surface area contributed by atoms with E-state index >= 15 is 0 Å². The van der Waals surface area contributed by atoms with E-state index in [-0.39, 0.29) is 0 Å². The minimum Gasteiger partial charge on any atom is -0.309 e. The number of hydrogen-bond donors (Lipinski definition) is 0. The number of benzene rings is 9. The van der Waals surface area contributed by atoms with Crippen LogP contribution in [0.3, 0.4) is 0 Å². The molecule has 5 heteroatoms.